The highest BCUT2D eigenvalue weighted by molar-refractivity contribution is 5.88. The van der Waals surface area contributed by atoms with E-state index < -0.39 is 29.0 Å². The van der Waals surface area contributed by atoms with Crippen molar-refractivity contribution < 1.29 is 29.0 Å². The van der Waals surface area contributed by atoms with Crippen LogP contribution in [0.4, 0.5) is 0 Å². The van der Waals surface area contributed by atoms with Gasteiger partial charge in [-0.1, -0.05) is 26.0 Å². The summed E-state index contributed by atoms with van der Waals surface area (Å²) < 4.78 is 12.8. The number of rotatable bonds is 9. The fourth-order valence-corrected chi connectivity index (χ4v) is 6.56. The van der Waals surface area contributed by atoms with Gasteiger partial charge in [0, 0.05) is 49.8 Å². The van der Waals surface area contributed by atoms with Crippen LogP contribution in [-0.2, 0) is 16.1 Å². The van der Waals surface area contributed by atoms with Crippen LogP contribution in [0.1, 0.15) is 67.7 Å². The van der Waals surface area contributed by atoms with Gasteiger partial charge in [0.15, 0.2) is 17.3 Å². The molecule has 2 aliphatic rings. The number of ether oxygens (including phenoxy) is 1. The molecule has 0 radical (unpaired) electrons. The van der Waals surface area contributed by atoms with Crippen LogP contribution in [0.5, 0.6) is 17.2 Å². The SMILES string of the molecule is COc1cc([C@@H](CC(=O)N[C@@H](CC(C)C)C(=O)N2C[C@H]3C[C@@H](C2)c2cccc(=O)n2C3)c2oc(C)cc(=O)c2O)ccc1O. The summed E-state index contributed by atoms with van der Waals surface area (Å²) in [6, 6.07) is 10.1. The number of carbonyl (C=O) groups excluding carboxylic acids is 2. The van der Waals surface area contributed by atoms with Crippen molar-refractivity contribution in [1.82, 2.24) is 14.8 Å². The van der Waals surface area contributed by atoms with E-state index in [1.807, 2.05) is 24.5 Å². The van der Waals surface area contributed by atoms with Gasteiger partial charge in [-0.15, -0.1) is 0 Å². The number of nitrogens with zero attached hydrogens (tertiary/aromatic N) is 2. The van der Waals surface area contributed by atoms with Gasteiger partial charge in [-0.25, -0.2) is 0 Å². The molecule has 0 unspecified atom stereocenters. The molecule has 2 aliphatic heterocycles. The van der Waals surface area contributed by atoms with Gasteiger partial charge in [0.2, 0.25) is 23.0 Å². The molecule has 3 N–H and O–H groups in total. The average Bonchev–Trinajstić information content (AvgIpc) is 2.97. The minimum absolute atomic E-state index is 0.0294. The maximum Gasteiger partial charge on any atom is 0.250 e. The highest BCUT2D eigenvalue weighted by atomic mass is 16.5. The normalized spacial score (nSPS) is 18.8. The number of fused-ring (bicyclic) bond motifs is 4. The molecule has 0 saturated carbocycles. The quantitative estimate of drug-likeness (QED) is 0.336. The average molecular weight is 606 g/mol. The van der Waals surface area contributed by atoms with Crippen LogP contribution in [0.2, 0.25) is 0 Å². The predicted molar refractivity (Wildman–Crippen MR) is 162 cm³/mol. The molecule has 3 aromatic rings. The molecule has 11 heteroatoms. The lowest BCUT2D eigenvalue weighted by Crippen LogP contribution is -2.55. The van der Waals surface area contributed by atoms with Crippen molar-refractivity contribution >= 4 is 11.8 Å². The third-order valence-corrected chi connectivity index (χ3v) is 8.52. The van der Waals surface area contributed by atoms with E-state index in [1.54, 1.807) is 30.0 Å². The number of hydrogen-bond donors (Lipinski definition) is 3. The molecule has 0 spiro atoms. The number of hydrogen-bond acceptors (Lipinski definition) is 8. The van der Waals surface area contributed by atoms with E-state index >= 15 is 0 Å². The Morgan fingerprint density at radius 3 is 2.59 bits per heavy atom. The number of amides is 2. The van der Waals surface area contributed by atoms with Crippen LogP contribution in [0, 0.1) is 18.8 Å². The standard InChI is InChI=1S/C33H39N3O8/c1-18(2)10-24(33(42)35-15-20-12-22(17-35)25-6-5-7-30(40)36(25)16-20)34-29(39)14-23(21-8-9-26(37)28(13-21)43-4)32-31(41)27(38)11-19(3)44-32/h5-9,11,13,18,20,22-24,37,41H,10,12,14-17H2,1-4H3,(H,34,39)/t20-,22+,23-,24+/m1/s1. The Morgan fingerprint density at radius 1 is 1.09 bits per heavy atom. The third kappa shape index (κ3) is 6.36. The fourth-order valence-electron chi connectivity index (χ4n) is 6.56. The summed E-state index contributed by atoms with van der Waals surface area (Å²) in [6.07, 6.45) is 1.06. The van der Waals surface area contributed by atoms with E-state index in [-0.39, 0.29) is 58.7 Å². The van der Waals surface area contributed by atoms with E-state index in [1.165, 1.54) is 19.2 Å². The van der Waals surface area contributed by atoms with Crippen LogP contribution >= 0.6 is 0 Å². The zero-order chi connectivity index (χ0) is 31.7. The Balaban J connectivity index is 1.40. The number of phenolic OH excluding ortho intramolecular Hbond substituents is 1. The summed E-state index contributed by atoms with van der Waals surface area (Å²) in [5.74, 6) is -1.72. The monoisotopic (exact) mass is 605 g/mol. The summed E-state index contributed by atoms with van der Waals surface area (Å²) in [6.45, 7) is 7.04. The third-order valence-electron chi connectivity index (χ3n) is 8.52. The molecule has 1 aromatic carbocycles. The van der Waals surface area contributed by atoms with Gasteiger partial charge in [-0.2, -0.15) is 0 Å². The molecule has 1 saturated heterocycles. The molecule has 2 amide bonds. The Kier molecular flexibility index (Phi) is 8.85. The number of aromatic nitrogens is 1. The van der Waals surface area contributed by atoms with Gasteiger partial charge in [0.25, 0.3) is 5.56 Å². The second-order valence-electron chi connectivity index (χ2n) is 12.3. The molecule has 2 aromatic heterocycles. The lowest BCUT2D eigenvalue weighted by atomic mass is 9.82. The maximum absolute atomic E-state index is 14.0. The Morgan fingerprint density at radius 2 is 1.86 bits per heavy atom. The first kappa shape index (κ1) is 30.9. The van der Waals surface area contributed by atoms with Crippen LogP contribution in [0.3, 0.4) is 0 Å². The van der Waals surface area contributed by atoms with Crippen molar-refractivity contribution in [2.24, 2.45) is 11.8 Å². The van der Waals surface area contributed by atoms with Crippen molar-refractivity contribution in [2.75, 3.05) is 20.2 Å². The number of likely N-dealkylation sites (tertiary alicyclic amines) is 1. The lowest BCUT2D eigenvalue weighted by molar-refractivity contribution is -0.139. The fraction of sp³-hybridized carbons (Fsp3) is 0.455. The van der Waals surface area contributed by atoms with E-state index in [0.717, 1.165) is 18.2 Å². The number of benzene rings is 1. The minimum atomic E-state index is -0.920. The van der Waals surface area contributed by atoms with Gasteiger partial charge in [0.1, 0.15) is 11.8 Å². The molecule has 2 bridgehead atoms. The molecular weight excluding hydrogens is 566 g/mol. The van der Waals surface area contributed by atoms with Gasteiger partial charge < -0.3 is 34.2 Å². The second kappa shape index (κ2) is 12.6. The number of carbonyl (C=O) groups is 2. The highest BCUT2D eigenvalue weighted by Crippen LogP contribution is 2.38. The number of methoxy groups -OCH3 is 1. The first-order valence-corrected chi connectivity index (χ1v) is 14.9. The molecule has 5 rings (SSSR count). The molecule has 1 fully saturated rings. The number of pyridine rings is 1. The van der Waals surface area contributed by atoms with E-state index in [0.29, 0.717) is 31.6 Å². The van der Waals surface area contributed by atoms with E-state index in [2.05, 4.69) is 5.32 Å². The van der Waals surface area contributed by atoms with Crippen LogP contribution in [0.15, 0.2) is 56.5 Å². The van der Waals surface area contributed by atoms with Crippen molar-refractivity contribution in [1.29, 1.82) is 0 Å². The van der Waals surface area contributed by atoms with Crippen LogP contribution < -0.4 is 21.0 Å². The summed E-state index contributed by atoms with van der Waals surface area (Å²) >= 11 is 0. The van der Waals surface area contributed by atoms with Crippen molar-refractivity contribution in [3.05, 3.63) is 85.8 Å². The largest absolute Gasteiger partial charge is 0.504 e. The number of piperidine rings is 1. The van der Waals surface area contributed by atoms with Gasteiger partial charge >= 0.3 is 0 Å². The lowest BCUT2D eigenvalue weighted by Gasteiger charge is -2.43. The molecule has 4 atom stereocenters. The molecular formula is C33H39N3O8. The number of aryl methyl sites for hydroxylation is 1. The van der Waals surface area contributed by atoms with Gasteiger partial charge in [-0.05, 0) is 55.4 Å². The van der Waals surface area contributed by atoms with Crippen molar-refractivity contribution in [3.8, 4) is 17.2 Å². The van der Waals surface area contributed by atoms with E-state index in [9.17, 15) is 29.4 Å². The molecule has 0 aliphatic carbocycles. The smallest absolute Gasteiger partial charge is 0.250 e. The highest BCUT2D eigenvalue weighted by Gasteiger charge is 2.39. The molecule has 11 nitrogen and oxygen atoms in total. The van der Waals surface area contributed by atoms with Crippen molar-refractivity contribution in [3.63, 3.8) is 0 Å². The number of aromatic hydroxyl groups is 2. The minimum Gasteiger partial charge on any atom is -0.504 e. The van der Waals surface area contributed by atoms with E-state index in [4.69, 9.17) is 9.15 Å². The van der Waals surface area contributed by atoms with Gasteiger partial charge in [0.05, 0.1) is 13.0 Å². The first-order valence-electron chi connectivity index (χ1n) is 14.9. The summed E-state index contributed by atoms with van der Waals surface area (Å²) in [4.78, 5) is 54.3. The summed E-state index contributed by atoms with van der Waals surface area (Å²) in [5, 5.41) is 23.7. The van der Waals surface area contributed by atoms with Crippen LogP contribution in [0.25, 0.3) is 0 Å². The number of phenols is 1. The predicted octanol–water partition coefficient (Wildman–Crippen LogP) is 3.23. The number of nitrogens with one attached hydrogen (secondary N) is 1. The van der Waals surface area contributed by atoms with Crippen LogP contribution in [-0.4, -0.2) is 57.7 Å². The molecule has 234 valence electrons. The zero-order valence-corrected chi connectivity index (χ0v) is 25.4. The maximum atomic E-state index is 14.0. The zero-order valence-electron chi connectivity index (χ0n) is 25.4. The summed E-state index contributed by atoms with van der Waals surface area (Å²) in [7, 11) is 1.39. The topological polar surface area (TPSA) is 151 Å². The first-order chi connectivity index (χ1) is 20.9. The van der Waals surface area contributed by atoms with Gasteiger partial charge in [-0.3, -0.25) is 19.2 Å². The molecule has 4 heterocycles. The van der Waals surface area contributed by atoms with Crippen molar-refractivity contribution in [2.45, 2.75) is 64.5 Å². The Bertz CT molecular complexity index is 1680. The Hall–Kier alpha value is -4.54. The second-order valence-corrected chi connectivity index (χ2v) is 12.3. The summed E-state index contributed by atoms with van der Waals surface area (Å²) in [5.41, 5.74) is 0.719. The Labute approximate surface area is 255 Å². The molecule has 44 heavy (non-hydrogen) atoms.